The first-order valence-electron chi connectivity index (χ1n) is 12.0. The molecule has 4 heterocycles. The van der Waals surface area contributed by atoms with Crippen molar-refractivity contribution in [1.29, 1.82) is 0 Å². The number of amides is 1. The number of rotatable bonds is 5. The molecule has 168 valence electrons. The molecule has 0 bridgehead atoms. The second-order valence-corrected chi connectivity index (χ2v) is 9.18. The lowest BCUT2D eigenvalue weighted by Crippen LogP contribution is -2.44. The number of anilines is 1. The highest BCUT2D eigenvalue weighted by Gasteiger charge is 2.28. The minimum absolute atomic E-state index is 0.0216. The molecule has 0 radical (unpaired) electrons. The Hall–Kier alpha value is -2.96. The van der Waals surface area contributed by atoms with Crippen molar-refractivity contribution < 1.29 is 4.79 Å². The molecule has 2 aliphatic heterocycles. The van der Waals surface area contributed by atoms with Gasteiger partial charge in [-0.1, -0.05) is 36.2 Å². The molecule has 1 saturated heterocycles. The van der Waals surface area contributed by atoms with Gasteiger partial charge in [-0.3, -0.25) is 4.79 Å². The van der Waals surface area contributed by atoms with E-state index in [4.69, 9.17) is 4.98 Å². The average molecular weight is 433 g/mol. The Morgan fingerprint density at radius 1 is 1.16 bits per heavy atom. The van der Waals surface area contributed by atoms with Gasteiger partial charge in [0.1, 0.15) is 12.2 Å². The van der Waals surface area contributed by atoms with Crippen molar-refractivity contribution in [3.63, 3.8) is 0 Å². The van der Waals surface area contributed by atoms with Gasteiger partial charge in [0, 0.05) is 32.6 Å². The molecule has 2 aliphatic rings. The van der Waals surface area contributed by atoms with Gasteiger partial charge in [-0.25, -0.2) is 15.0 Å². The van der Waals surface area contributed by atoms with E-state index in [2.05, 4.69) is 55.9 Å². The monoisotopic (exact) mass is 432 g/mol. The first kappa shape index (κ1) is 20.9. The fourth-order valence-corrected chi connectivity index (χ4v) is 5.08. The highest BCUT2D eigenvalue weighted by Crippen LogP contribution is 2.29. The third-order valence-electron chi connectivity index (χ3n) is 6.76. The van der Waals surface area contributed by atoms with E-state index in [-0.39, 0.29) is 11.8 Å². The number of nitrogens with zero attached hydrogens (tertiary/aromatic N) is 5. The number of carbonyl (C=O) groups excluding carboxylic acids is 1. The van der Waals surface area contributed by atoms with Crippen LogP contribution < -0.4 is 10.2 Å². The summed E-state index contributed by atoms with van der Waals surface area (Å²) < 4.78 is 2.27. The maximum Gasteiger partial charge on any atom is 0.224 e. The quantitative estimate of drug-likeness (QED) is 0.668. The number of hydrogen-bond donors (Lipinski definition) is 1. The minimum Gasteiger partial charge on any atom is -0.355 e. The summed E-state index contributed by atoms with van der Waals surface area (Å²) in [5, 5.41) is 3.16. The lowest BCUT2D eigenvalue weighted by molar-refractivity contribution is -0.125. The fraction of sp³-hybridized carbons (Fsp3) is 0.520. The number of carbonyl (C=O) groups is 1. The molecule has 0 aliphatic carbocycles. The van der Waals surface area contributed by atoms with Gasteiger partial charge in [-0.15, -0.1) is 0 Å². The SMILES string of the molecule is Cc1cccc(CCNC(=O)[C@H]2CCCN(c3ncnc4c3nc3n4CCCCC3)C2)c1. The van der Waals surface area contributed by atoms with Crippen molar-refractivity contribution in [2.24, 2.45) is 5.92 Å². The predicted octanol–water partition coefficient (Wildman–Crippen LogP) is 3.44. The number of aromatic nitrogens is 4. The van der Waals surface area contributed by atoms with Gasteiger partial charge in [0.15, 0.2) is 17.0 Å². The Bertz CT molecular complexity index is 1110. The van der Waals surface area contributed by atoms with Crippen molar-refractivity contribution in [1.82, 2.24) is 24.8 Å². The zero-order chi connectivity index (χ0) is 21.9. The largest absolute Gasteiger partial charge is 0.355 e. The number of nitrogens with one attached hydrogen (secondary N) is 1. The molecule has 1 fully saturated rings. The fourth-order valence-electron chi connectivity index (χ4n) is 5.08. The van der Waals surface area contributed by atoms with Crippen LogP contribution in [0.4, 0.5) is 5.82 Å². The van der Waals surface area contributed by atoms with Crippen LogP contribution in [0.1, 0.15) is 49.1 Å². The molecule has 1 aromatic carbocycles. The van der Waals surface area contributed by atoms with Gasteiger partial charge >= 0.3 is 0 Å². The molecule has 1 amide bonds. The summed E-state index contributed by atoms with van der Waals surface area (Å²) in [5.74, 6) is 2.13. The van der Waals surface area contributed by atoms with E-state index < -0.39 is 0 Å². The third kappa shape index (κ3) is 4.33. The molecule has 0 unspecified atom stereocenters. The smallest absolute Gasteiger partial charge is 0.224 e. The lowest BCUT2D eigenvalue weighted by atomic mass is 9.97. The second kappa shape index (κ2) is 9.27. The van der Waals surface area contributed by atoms with Crippen molar-refractivity contribution in [3.8, 4) is 0 Å². The van der Waals surface area contributed by atoms with E-state index in [1.54, 1.807) is 6.33 Å². The molecule has 0 spiro atoms. The van der Waals surface area contributed by atoms with Crippen LogP contribution in [-0.2, 0) is 24.2 Å². The molecular weight excluding hydrogens is 400 g/mol. The Morgan fingerprint density at radius 2 is 2.09 bits per heavy atom. The van der Waals surface area contributed by atoms with Crippen LogP contribution in [0.2, 0.25) is 0 Å². The van der Waals surface area contributed by atoms with Gasteiger partial charge < -0.3 is 14.8 Å². The molecule has 1 N–H and O–H groups in total. The van der Waals surface area contributed by atoms with Crippen molar-refractivity contribution >= 4 is 22.9 Å². The molecular formula is C25H32N6O. The number of fused-ring (bicyclic) bond motifs is 3. The van der Waals surface area contributed by atoms with Crippen LogP contribution in [-0.4, -0.2) is 45.1 Å². The number of hydrogen-bond acceptors (Lipinski definition) is 5. The third-order valence-corrected chi connectivity index (χ3v) is 6.76. The number of benzene rings is 1. The van der Waals surface area contributed by atoms with Gasteiger partial charge in [-0.2, -0.15) is 0 Å². The highest BCUT2D eigenvalue weighted by atomic mass is 16.1. The molecule has 3 aromatic rings. The summed E-state index contributed by atoms with van der Waals surface area (Å²) in [6, 6.07) is 8.47. The van der Waals surface area contributed by atoms with Crippen LogP contribution in [0.3, 0.4) is 0 Å². The summed E-state index contributed by atoms with van der Waals surface area (Å²) in [5.41, 5.74) is 4.35. The van der Waals surface area contributed by atoms with Crippen molar-refractivity contribution in [3.05, 3.63) is 47.5 Å². The van der Waals surface area contributed by atoms with Crippen LogP contribution in [0, 0.1) is 12.8 Å². The average Bonchev–Trinajstić information content (AvgIpc) is 3.00. The topological polar surface area (TPSA) is 75.9 Å². The van der Waals surface area contributed by atoms with E-state index in [1.807, 2.05) is 0 Å². The second-order valence-electron chi connectivity index (χ2n) is 9.18. The van der Waals surface area contributed by atoms with E-state index >= 15 is 0 Å². The molecule has 0 saturated carbocycles. The normalized spacial score (nSPS) is 18.9. The minimum atomic E-state index is -0.0216. The Kier molecular flexibility index (Phi) is 6.06. The Labute approximate surface area is 189 Å². The summed E-state index contributed by atoms with van der Waals surface area (Å²) >= 11 is 0. The number of imidazole rings is 1. The molecule has 1 atom stereocenters. The van der Waals surface area contributed by atoms with Gasteiger partial charge in [0.05, 0.1) is 5.92 Å². The molecule has 5 rings (SSSR count). The standard InChI is InChI=1S/C25H32N6O/c1-18-7-5-8-19(15-18)11-12-26-25(32)20-9-6-13-30(16-20)23-22-24(28-17-27-23)31-14-4-2-3-10-21(31)29-22/h5,7-8,15,17,20H,2-4,6,9-14,16H2,1H3,(H,26,32)/t20-/m0/s1. The maximum atomic E-state index is 12.9. The maximum absolute atomic E-state index is 12.9. The molecule has 7 heteroatoms. The van der Waals surface area contributed by atoms with Crippen molar-refractivity contribution in [2.75, 3.05) is 24.5 Å². The van der Waals surface area contributed by atoms with E-state index in [0.29, 0.717) is 13.1 Å². The summed E-state index contributed by atoms with van der Waals surface area (Å²) in [4.78, 5) is 29.3. The van der Waals surface area contributed by atoms with Crippen molar-refractivity contribution in [2.45, 2.75) is 58.4 Å². The Morgan fingerprint density at radius 3 is 3.00 bits per heavy atom. The van der Waals surface area contributed by atoms with Crippen LogP contribution >= 0.6 is 0 Å². The zero-order valence-electron chi connectivity index (χ0n) is 18.9. The summed E-state index contributed by atoms with van der Waals surface area (Å²) in [6.07, 6.45) is 9.01. The predicted molar refractivity (Wildman–Crippen MR) is 126 cm³/mol. The molecule has 7 nitrogen and oxygen atoms in total. The van der Waals surface area contributed by atoms with Crippen LogP contribution in [0.25, 0.3) is 11.2 Å². The summed E-state index contributed by atoms with van der Waals surface area (Å²) in [7, 11) is 0. The highest BCUT2D eigenvalue weighted by molar-refractivity contribution is 5.85. The summed E-state index contributed by atoms with van der Waals surface area (Å²) in [6.45, 7) is 5.34. The van der Waals surface area contributed by atoms with Gasteiger partial charge in [0.2, 0.25) is 5.91 Å². The zero-order valence-corrected chi connectivity index (χ0v) is 18.9. The van der Waals surface area contributed by atoms with Gasteiger partial charge in [0.25, 0.3) is 0 Å². The van der Waals surface area contributed by atoms with E-state index in [9.17, 15) is 4.79 Å². The number of aryl methyl sites for hydroxylation is 3. The molecule has 32 heavy (non-hydrogen) atoms. The first-order valence-corrected chi connectivity index (χ1v) is 12.0. The van der Waals surface area contributed by atoms with E-state index in [0.717, 1.165) is 61.6 Å². The number of piperidine rings is 1. The van der Waals surface area contributed by atoms with Gasteiger partial charge in [-0.05, 0) is 44.6 Å². The Balaban J connectivity index is 1.26. The van der Waals surface area contributed by atoms with Crippen LogP contribution in [0.5, 0.6) is 0 Å². The van der Waals surface area contributed by atoms with Crippen LogP contribution in [0.15, 0.2) is 30.6 Å². The van der Waals surface area contributed by atoms with E-state index in [1.165, 1.54) is 30.4 Å². The molecule has 2 aromatic heterocycles. The first-order chi connectivity index (χ1) is 15.7. The lowest BCUT2D eigenvalue weighted by Gasteiger charge is -2.32.